The second-order valence-electron chi connectivity index (χ2n) is 5.66. The van der Waals surface area contributed by atoms with Crippen molar-refractivity contribution in [3.63, 3.8) is 0 Å². The summed E-state index contributed by atoms with van der Waals surface area (Å²) in [6, 6.07) is 18.7. The van der Waals surface area contributed by atoms with Gasteiger partial charge in [0.05, 0.1) is 0 Å². The Morgan fingerprint density at radius 1 is 0.958 bits per heavy atom. The summed E-state index contributed by atoms with van der Waals surface area (Å²) in [5.74, 6) is 0.246. The van der Waals surface area contributed by atoms with Crippen LogP contribution in [0.25, 0.3) is 21.8 Å². The molecule has 4 nitrogen and oxygen atoms in total. The van der Waals surface area contributed by atoms with E-state index in [0.29, 0.717) is 5.52 Å². The summed E-state index contributed by atoms with van der Waals surface area (Å²) in [6.45, 7) is 3.85. The lowest BCUT2D eigenvalue weighted by Gasteiger charge is -1.99. The number of nitrogens with one attached hydrogen (secondary N) is 1. The van der Waals surface area contributed by atoms with Crippen LogP contribution in [-0.2, 0) is 0 Å². The zero-order valence-corrected chi connectivity index (χ0v) is 13.6. The average molecular weight is 318 g/mol. The van der Waals surface area contributed by atoms with Gasteiger partial charge < -0.3 is 10.1 Å². The Hall–Kier alpha value is -3.14. The lowest BCUT2D eigenvalue weighted by molar-refractivity contribution is 0.480. The Kier molecular flexibility index (Phi) is 4.29. The predicted octanol–water partition coefficient (Wildman–Crippen LogP) is 4.09. The molecule has 0 fully saturated rings. The van der Waals surface area contributed by atoms with E-state index in [-0.39, 0.29) is 11.3 Å². The third-order valence-electron chi connectivity index (χ3n) is 3.80. The number of pyridine rings is 2. The number of para-hydroxylation sites is 2. The lowest BCUT2D eigenvalue weighted by atomic mass is 10.1. The van der Waals surface area contributed by atoms with Crippen LogP contribution >= 0.6 is 0 Å². The van der Waals surface area contributed by atoms with Crippen LogP contribution in [0.1, 0.15) is 11.3 Å². The number of fused-ring (bicyclic) bond motifs is 2. The SMILES string of the molecule is Cc1cc(=O)[nH]c2ccccc12.Cc1ccc2cccc(O)c2n1. The Labute approximate surface area is 139 Å². The minimum atomic E-state index is -0.0359. The molecule has 0 bridgehead atoms. The van der Waals surface area contributed by atoms with Crippen molar-refractivity contribution in [2.24, 2.45) is 0 Å². The van der Waals surface area contributed by atoms with Gasteiger partial charge in [-0.1, -0.05) is 36.4 Å². The van der Waals surface area contributed by atoms with Crippen LogP contribution in [-0.4, -0.2) is 15.1 Å². The van der Waals surface area contributed by atoms with E-state index in [4.69, 9.17) is 0 Å². The largest absolute Gasteiger partial charge is 0.506 e. The van der Waals surface area contributed by atoms with Crippen LogP contribution in [0.2, 0.25) is 0 Å². The first-order valence-corrected chi connectivity index (χ1v) is 7.68. The number of nitrogens with zero attached hydrogens (tertiary/aromatic N) is 1. The highest BCUT2D eigenvalue weighted by atomic mass is 16.3. The average Bonchev–Trinajstić information content (AvgIpc) is 2.56. The van der Waals surface area contributed by atoms with Gasteiger partial charge in [0.15, 0.2) is 0 Å². The summed E-state index contributed by atoms with van der Waals surface area (Å²) in [4.78, 5) is 18.0. The first kappa shape index (κ1) is 15.7. The van der Waals surface area contributed by atoms with Crippen molar-refractivity contribution in [1.29, 1.82) is 0 Å². The fraction of sp³-hybridized carbons (Fsp3) is 0.100. The van der Waals surface area contributed by atoms with E-state index in [1.54, 1.807) is 12.1 Å². The molecule has 4 aromatic rings. The molecule has 2 N–H and O–H groups in total. The highest BCUT2D eigenvalue weighted by Gasteiger charge is 1.99. The molecule has 120 valence electrons. The summed E-state index contributed by atoms with van der Waals surface area (Å²) >= 11 is 0. The molecule has 0 radical (unpaired) electrons. The molecule has 24 heavy (non-hydrogen) atoms. The van der Waals surface area contributed by atoms with Crippen LogP contribution in [0.15, 0.2) is 65.5 Å². The van der Waals surface area contributed by atoms with E-state index in [1.807, 2.05) is 62.4 Å². The summed E-state index contributed by atoms with van der Waals surface area (Å²) < 4.78 is 0. The Bertz CT molecular complexity index is 1070. The van der Waals surface area contributed by atoms with E-state index >= 15 is 0 Å². The number of rotatable bonds is 0. The van der Waals surface area contributed by atoms with Crippen LogP contribution in [0.4, 0.5) is 0 Å². The minimum Gasteiger partial charge on any atom is -0.506 e. The zero-order chi connectivity index (χ0) is 17.1. The molecule has 0 aliphatic carbocycles. The van der Waals surface area contributed by atoms with E-state index in [1.165, 1.54) is 0 Å². The van der Waals surface area contributed by atoms with Gasteiger partial charge in [0, 0.05) is 28.0 Å². The van der Waals surface area contributed by atoms with E-state index in [9.17, 15) is 9.90 Å². The molecule has 4 rings (SSSR count). The van der Waals surface area contributed by atoms with Gasteiger partial charge in [0.25, 0.3) is 0 Å². The first-order valence-electron chi connectivity index (χ1n) is 7.68. The van der Waals surface area contributed by atoms with Crippen molar-refractivity contribution in [3.8, 4) is 5.75 Å². The summed E-state index contributed by atoms with van der Waals surface area (Å²) in [5.41, 5.74) is 3.49. The van der Waals surface area contributed by atoms with E-state index in [0.717, 1.165) is 27.5 Å². The number of hydrogen-bond donors (Lipinski definition) is 2. The van der Waals surface area contributed by atoms with Crippen molar-refractivity contribution in [3.05, 3.63) is 82.3 Å². The number of benzene rings is 2. The molecule has 0 atom stereocenters. The van der Waals surface area contributed by atoms with E-state index in [2.05, 4.69) is 9.97 Å². The number of phenols is 1. The van der Waals surface area contributed by atoms with Crippen molar-refractivity contribution in [2.45, 2.75) is 13.8 Å². The van der Waals surface area contributed by atoms with Gasteiger partial charge in [-0.2, -0.15) is 0 Å². The second-order valence-corrected chi connectivity index (χ2v) is 5.66. The highest BCUT2D eigenvalue weighted by molar-refractivity contribution is 5.84. The van der Waals surface area contributed by atoms with Crippen LogP contribution in [0, 0.1) is 13.8 Å². The van der Waals surface area contributed by atoms with Crippen LogP contribution in [0.3, 0.4) is 0 Å². The number of aryl methyl sites for hydroxylation is 2. The molecule has 0 spiro atoms. The fourth-order valence-corrected chi connectivity index (χ4v) is 2.61. The molecule has 2 aromatic carbocycles. The fourth-order valence-electron chi connectivity index (χ4n) is 2.61. The summed E-state index contributed by atoms with van der Waals surface area (Å²) in [6.07, 6.45) is 0. The van der Waals surface area contributed by atoms with Gasteiger partial charge in [0.1, 0.15) is 11.3 Å². The third-order valence-corrected chi connectivity index (χ3v) is 3.80. The van der Waals surface area contributed by atoms with Crippen molar-refractivity contribution >= 4 is 21.8 Å². The molecule has 0 aliphatic rings. The van der Waals surface area contributed by atoms with Gasteiger partial charge in [-0.05, 0) is 37.6 Å². The Balaban J connectivity index is 0.000000141. The number of aromatic nitrogens is 2. The maximum Gasteiger partial charge on any atom is 0.248 e. The van der Waals surface area contributed by atoms with Crippen molar-refractivity contribution in [2.75, 3.05) is 0 Å². The molecular weight excluding hydrogens is 300 g/mol. The molecule has 2 heterocycles. The number of phenolic OH excluding ortho intramolecular Hbond substituents is 1. The van der Waals surface area contributed by atoms with Gasteiger partial charge in [-0.15, -0.1) is 0 Å². The van der Waals surface area contributed by atoms with Crippen molar-refractivity contribution in [1.82, 2.24) is 9.97 Å². The molecule has 0 amide bonds. The second kappa shape index (κ2) is 6.54. The Morgan fingerprint density at radius 2 is 1.75 bits per heavy atom. The summed E-state index contributed by atoms with van der Waals surface area (Å²) in [5, 5.41) is 11.5. The molecule has 4 heteroatoms. The molecular formula is C20H18N2O2. The number of aromatic amines is 1. The molecule has 0 unspecified atom stereocenters. The normalized spacial score (nSPS) is 10.4. The Morgan fingerprint density at radius 3 is 2.58 bits per heavy atom. The van der Waals surface area contributed by atoms with Gasteiger partial charge in [-0.3, -0.25) is 4.79 Å². The quantitative estimate of drug-likeness (QED) is 0.513. The smallest absolute Gasteiger partial charge is 0.248 e. The van der Waals surface area contributed by atoms with Crippen LogP contribution < -0.4 is 5.56 Å². The highest BCUT2D eigenvalue weighted by Crippen LogP contribution is 2.21. The van der Waals surface area contributed by atoms with Gasteiger partial charge in [0.2, 0.25) is 5.56 Å². The number of hydrogen-bond acceptors (Lipinski definition) is 3. The van der Waals surface area contributed by atoms with Gasteiger partial charge >= 0.3 is 0 Å². The zero-order valence-electron chi connectivity index (χ0n) is 13.6. The molecule has 2 aromatic heterocycles. The lowest BCUT2D eigenvalue weighted by Crippen LogP contribution is -2.04. The van der Waals surface area contributed by atoms with Gasteiger partial charge in [-0.25, -0.2) is 4.98 Å². The van der Waals surface area contributed by atoms with E-state index < -0.39 is 0 Å². The minimum absolute atomic E-state index is 0.0359. The maximum absolute atomic E-state index is 11.0. The molecule has 0 saturated carbocycles. The van der Waals surface area contributed by atoms with Crippen molar-refractivity contribution < 1.29 is 5.11 Å². The topological polar surface area (TPSA) is 66.0 Å². The first-order chi connectivity index (χ1) is 11.5. The number of H-pyrrole nitrogens is 1. The monoisotopic (exact) mass is 318 g/mol. The maximum atomic E-state index is 11.0. The predicted molar refractivity (Wildman–Crippen MR) is 97.5 cm³/mol. The summed E-state index contributed by atoms with van der Waals surface area (Å²) in [7, 11) is 0. The molecule has 0 saturated heterocycles. The van der Waals surface area contributed by atoms with Crippen LogP contribution in [0.5, 0.6) is 5.75 Å². The molecule has 0 aliphatic heterocycles. The standard InChI is InChI=1S/2C10H9NO/c1-7-5-6-8-3-2-4-9(12)10(8)11-7;1-7-6-10(12)11-9-5-3-2-4-8(7)9/h2-6,12H,1H3;2-6H,1H3,(H,11,12). The third kappa shape index (κ3) is 3.27. The number of aromatic hydroxyl groups is 1.